The average molecular weight is 473 g/mol. The van der Waals surface area contributed by atoms with Crippen molar-refractivity contribution in [1.29, 1.82) is 0 Å². The number of methoxy groups -OCH3 is 1. The van der Waals surface area contributed by atoms with Gasteiger partial charge in [0.25, 0.3) is 5.91 Å². The number of pyridine rings is 1. The van der Waals surface area contributed by atoms with Crippen molar-refractivity contribution in [2.24, 2.45) is 0 Å². The number of anilines is 1. The first-order valence-corrected chi connectivity index (χ1v) is 10.5. The van der Waals surface area contributed by atoms with Crippen LogP contribution in [0, 0.1) is 0 Å². The molecule has 1 aromatic heterocycles. The Hall–Kier alpha value is -2.90. The smallest absolute Gasteiger partial charge is 0.573 e. The minimum Gasteiger partial charge on any atom is -0.755 e. The Kier molecular flexibility index (Phi) is 7.53. The normalized spacial score (nSPS) is 15.8. The molecule has 0 saturated carbocycles. The van der Waals surface area contributed by atoms with Crippen molar-refractivity contribution >= 4 is 22.9 Å². The van der Waals surface area contributed by atoms with Gasteiger partial charge in [0.15, 0.2) is 5.75 Å². The van der Waals surface area contributed by atoms with Crippen LogP contribution in [0.5, 0.6) is 11.5 Å². The Labute approximate surface area is 184 Å². The van der Waals surface area contributed by atoms with Gasteiger partial charge in [-0.05, 0) is 24.3 Å². The summed E-state index contributed by atoms with van der Waals surface area (Å²) in [7, 11) is 1.57. The summed E-state index contributed by atoms with van der Waals surface area (Å²) in [6.45, 7) is 2.40. The van der Waals surface area contributed by atoms with Crippen LogP contribution in [0.3, 0.4) is 0 Å². The summed E-state index contributed by atoms with van der Waals surface area (Å²) in [6.07, 6.45) is -1.71. The molecule has 3 rings (SSSR count). The number of nitrogens with zero attached hydrogens (tertiary/aromatic N) is 3. The first-order valence-electron chi connectivity index (χ1n) is 9.40. The number of aromatic nitrogens is 1. The van der Waals surface area contributed by atoms with Crippen molar-refractivity contribution < 1.29 is 36.2 Å². The molecule has 0 spiro atoms. The highest BCUT2D eigenvalue weighted by atomic mass is 32.2. The van der Waals surface area contributed by atoms with E-state index in [0.29, 0.717) is 38.5 Å². The third-order valence-corrected chi connectivity index (χ3v) is 5.17. The Morgan fingerprint density at radius 1 is 1.22 bits per heavy atom. The second-order valence-electron chi connectivity index (χ2n) is 6.85. The van der Waals surface area contributed by atoms with E-state index in [2.05, 4.69) is 14.6 Å². The zero-order valence-corrected chi connectivity index (χ0v) is 17.7. The molecule has 2 heterocycles. The van der Waals surface area contributed by atoms with Crippen LogP contribution >= 0.6 is 0 Å². The molecule has 0 aliphatic carbocycles. The van der Waals surface area contributed by atoms with Gasteiger partial charge in [0.05, 0.1) is 12.8 Å². The van der Waals surface area contributed by atoms with E-state index in [0.717, 1.165) is 17.7 Å². The standard InChI is InChI=1S/C19H21F3N4O5S/c1-30-16-4-5-23-11-14(16)12-25-6-8-26(9-7-25)18(27)13-2-3-15(24-32(28)29)17(10-13)31-19(20,21)22/h2-5,10-11,24H,6-9,12H2,1H3,(H,28,29)/p-1. The van der Waals surface area contributed by atoms with Crippen LogP contribution in [0.25, 0.3) is 0 Å². The van der Waals surface area contributed by atoms with E-state index in [9.17, 15) is 26.7 Å². The summed E-state index contributed by atoms with van der Waals surface area (Å²) in [5.74, 6) is -0.580. The van der Waals surface area contributed by atoms with Crippen molar-refractivity contribution in [2.75, 3.05) is 38.0 Å². The number of hydrogen-bond acceptors (Lipinski definition) is 7. The maximum Gasteiger partial charge on any atom is 0.573 e. The number of nitrogens with one attached hydrogen (secondary N) is 1. The van der Waals surface area contributed by atoms with Crippen LogP contribution in [0.15, 0.2) is 36.7 Å². The van der Waals surface area contributed by atoms with E-state index in [-0.39, 0.29) is 5.56 Å². The van der Waals surface area contributed by atoms with Crippen molar-refractivity contribution in [3.63, 3.8) is 0 Å². The van der Waals surface area contributed by atoms with Gasteiger partial charge in [-0.15, -0.1) is 13.2 Å². The molecule has 1 N–H and O–H groups in total. The average Bonchev–Trinajstić information content (AvgIpc) is 2.74. The van der Waals surface area contributed by atoms with Crippen molar-refractivity contribution in [3.8, 4) is 11.5 Å². The molecule has 1 saturated heterocycles. The van der Waals surface area contributed by atoms with E-state index in [1.165, 1.54) is 11.0 Å². The van der Waals surface area contributed by atoms with Crippen LogP contribution in [0.1, 0.15) is 15.9 Å². The predicted octanol–water partition coefficient (Wildman–Crippen LogP) is 2.15. The number of benzene rings is 1. The topological polar surface area (TPSA) is 107 Å². The summed E-state index contributed by atoms with van der Waals surface area (Å²) in [6, 6.07) is 4.93. The van der Waals surface area contributed by atoms with Crippen LogP contribution in [-0.4, -0.2) is 69.1 Å². The van der Waals surface area contributed by atoms with Gasteiger partial charge in [-0.1, -0.05) is 0 Å². The number of alkyl halides is 3. The van der Waals surface area contributed by atoms with Gasteiger partial charge in [0.1, 0.15) is 5.75 Å². The van der Waals surface area contributed by atoms with Crippen molar-refractivity contribution in [1.82, 2.24) is 14.8 Å². The predicted molar refractivity (Wildman–Crippen MR) is 108 cm³/mol. The first kappa shape index (κ1) is 23.8. The molecule has 1 aliphatic rings. The molecule has 1 amide bonds. The number of amides is 1. The van der Waals surface area contributed by atoms with Gasteiger partial charge in [-0.25, -0.2) is 0 Å². The zero-order chi connectivity index (χ0) is 23.3. The summed E-state index contributed by atoms with van der Waals surface area (Å²) in [5.41, 5.74) is 0.430. The number of hydrogen-bond donors (Lipinski definition) is 1. The first-order chi connectivity index (χ1) is 15.2. The lowest BCUT2D eigenvalue weighted by Gasteiger charge is -2.35. The van der Waals surface area contributed by atoms with Gasteiger partial charge in [-0.2, -0.15) is 0 Å². The largest absolute Gasteiger partial charge is 0.755 e. The van der Waals surface area contributed by atoms with E-state index >= 15 is 0 Å². The van der Waals surface area contributed by atoms with Crippen LogP contribution < -0.4 is 14.2 Å². The number of halogens is 3. The fraction of sp³-hybridized carbons (Fsp3) is 0.368. The summed E-state index contributed by atoms with van der Waals surface area (Å²) < 4.78 is 70.8. The van der Waals surface area contributed by atoms with Gasteiger partial charge in [-0.3, -0.25) is 18.9 Å². The molecule has 1 aromatic carbocycles. The molecular weight excluding hydrogens is 453 g/mol. The maximum atomic E-state index is 12.8. The van der Waals surface area contributed by atoms with Gasteiger partial charge >= 0.3 is 6.36 Å². The van der Waals surface area contributed by atoms with E-state index < -0.39 is 35.0 Å². The molecule has 2 aromatic rings. The SMILES string of the molecule is COc1ccncc1CN1CCN(C(=O)c2ccc(NS(=O)[O-])c(OC(F)(F)F)c2)CC1. The van der Waals surface area contributed by atoms with Crippen LogP contribution in [-0.2, 0) is 17.8 Å². The lowest BCUT2D eigenvalue weighted by molar-refractivity contribution is -0.274. The quantitative estimate of drug-likeness (QED) is 0.614. The third-order valence-electron chi connectivity index (χ3n) is 4.78. The van der Waals surface area contributed by atoms with E-state index in [1.54, 1.807) is 25.6 Å². The van der Waals surface area contributed by atoms with Crippen molar-refractivity contribution in [3.05, 3.63) is 47.8 Å². The Bertz CT molecular complexity index is 984. The van der Waals surface area contributed by atoms with Gasteiger partial charge < -0.3 is 23.6 Å². The maximum absolute atomic E-state index is 12.8. The molecule has 1 aliphatic heterocycles. The second-order valence-corrected chi connectivity index (χ2v) is 7.52. The minimum absolute atomic E-state index is 0.0474. The number of ether oxygens (including phenoxy) is 2. The summed E-state index contributed by atoms with van der Waals surface area (Å²) >= 11 is -2.86. The molecule has 1 fully saturated rings. The zero-order valence-electron chi connectivity index (χ0n) is 16.9. The Balaban J connectivity index is 1.67. The van der Waals surface area contributed by atoms with Crippen LogP contribution in [0.2, 0.25) is 0 Å². The third kappa shape index (κ3) is 6.31. The second kappa shape index (κ2) is 10.1. The molecule has 13 heteroatoms. The highest BCUT2D eigenvalue weighted by Crippen LogP contribution is 2.32. The highest BCUT2D eigenvalue weighted by Gasteiger charge is 2.33. The summed E-state index contributed by atoms with van der Waals surface area (Å²) in [5, 5.41) is 0. The molecule has 1 unspecified atom stereocenters. The molecule has 9 nitrogen and oxygen atoms in total. The minimum atomic E-state index is -5.05. The number of carbonyl (C=O) groups excluding carboxylic acids is 1. The van der Waals surface area contributed by atoms with Gasteiger partial charge in [0, 0.05) is 67.5 Å². The van der Waals surface area contributed by atoms with E-state index in [1.807, 2.05) is 4.72 Å². The van der Waals surface area contributed by atoms with E-state index in [4.69, 9.17) is 4.74 Å². The molecule has 32 heavy (non-hydrogen) atoms. The fourth-order valence-corrected chi connectivity index (χ4v) is 3.65. The lowest BCUT2D eigenvalue weighted by Crippen LogP contribution is -2.48. The van der Waals surface area contributed by atoms with Crippen LogP contribution in [0.4, 0.5) is 18.9 Å². The fourth-order valence-electron chi connectivity index (χ4n) is 3.30. The molecule has 0 radical (unpaired) electrons. The summed E-state index contributed by atoms with van der Waals surface area (Å²) in [4.78, 5) is 20.5. The monoisotopic (exact) mass is 473 g/mol. The number of carbonyl (C=O) groups is 1. The molecule has 174 valence electrons. The molecule has 0 bridgehead atoms. The van der Waals surface area contributed by atoms with Crippen molar-refractivity contribution in [2.45, 2.75) is 12.9 Å². The number of rotatable bonds is 7. The molecular formula is C19H20F3N4O5S-. The Morgan fingerprint density at radius 2 is 1.94 bits per heavy atom. The number of piperazine rings is 1. The Morgan fingerprint density at radius 3 is 2.56 bits per heavy atom. The lowest BCUT2D eigenvalue weighted by atomic mass is 10.1. The highest BCUT2D eigenvalue weighted by molar-refractivity contribution is 7.80. The van der Waals surface area contributed by atoms with Gasteiger partial charge in [0.2, 0.25) is 0 Å². The molecule has 1 atom stereocenters.